The number of aliphatic carboxylic acids is 1. The van der Waals surface area contributed by atoms with Gasteiger partial charge >= 0.3 is 13.7 Å². The molecule has 7 heteroatoms. The van der Waals surface area contributed by atoms with Crippen LogP contribution in [0.5, 0.6) is 0 Å². The SMILES string of the molecule is C=CCN(CC(=O)O)P(=O)(O)O. The summed E-state index contributed by atoms with van der Waals surface area (Å²) in [4.78, 5) is 27.3. The summed E-state index contributed by atoms with van der Waals surface area (Å²) in [7, 11) is -4.47. The number of hydrogen-bond donors (Lipinski definition) is 3. The van der Waals surface area contributed by atoms with Crippen LogP contribution in [0, 0.1) is 0 Å². The van der Waals surface area contributed by atoms with Gasteiger partial charge in [-0.15, -0.1) is 6.58 Å². The average molecular weight is 195 g/mol. The minimum absolute atomic E-state index is 0.156. The lowest BCUT2D eigenvalue weighted by atomic mass is 10.6. The van der Waals surface area contributed by atoms with Gasteiger partial charge in [-0.2, -0.15) is 4.67 Å². The van der Waals surface area contributed by atoms with Crippen LogP contribution < -0.4 is 0 Å². The maximum Gasteiger partial charge on any atom is 0.403 e. The van der Waals surface area contributed by atoms with E-state index in [1.807, 2.05) is 0 Å². The van der Waals surface area contributed by atoms with Crippen molar-refractivity contribution in [2.75, 3.05) is 13.1 Å². The Morgan fingerprint density at radius 3 is 2.33 bits per heavy atom. The van der Waals surface area contributed by atoms with Crippen molar-refractivity contribution >= 4 is 13.7 Å². The van der Waals surface area contributed by atoms with Crippen LogP contribution in [0.2, 0.25) is 0 Å². The number of carbonyl (C=O) groups is 1. The van der Waals surface area contributed by atoms with Crippen molar-refractivity contribution in [2.24, 2.45) is 0 Å². The molecule has 0 aromatic rings. The number of carboxylic acids is 1. The van der Waals surface area contributed by atoms with Crippen LogP contribution in [0.1, 0.15) is 0 Å². The van der Waals surface area contributed by atoms with Crippen molar-refractivity contribution in [2.45, 2.75) is 0 Å². The van der Waals surface area contributed by atoms with Gasteiger partial charge in [-0.3, -0.25) is 4.79 Å². The van der Waals surface area contributed by atoms with Gasteiger partial charge in [-0.05, 0) is 0 Å². The molecule has 0 saturated carbocycles. The quantitative estimate of drug-likeness (QED) is 0.409. The highest BCUT2D eigenvalue weighted by Crippen LogP contribution is 2.39. The molecule has 0 spiro atoms. The molecule has 0 rings (SSSR count). The first-order valence-electron chi connectivity index (χ1n) is 3.01. The van der Waals surface area contributed by atoms with Gasteiger partial charge in [0, 0.05) is 6.54 Å². The van der Waals surface area contributed by atoms with Crippen molar-refractivity contribution in [1.29, 1.82) is 0 Å². The Morgan fingerprint density at radius 1 is 1.58 bits per heavy atom. The third-order valence-electron chi connectivity index (χ3n) is 1.03. The van der Waals surface area contributed by atoms with Gasteiger partial charge in [0.05, 0.1) is 0 Å². The van der Waals surface area contributed by atoms with E-state index in [0.717, 1.165) is 0 Å². The Kier molecular flexibility index (Phi) is 4.12. The molecule has 0 amide bonds. The molecule has 0 saturated heterocycles. The van der Waals surface area contributed by atoms with Crippen molar-refractivity contribution in [1.82, 2.24) is 4.67 Å². The lowest BCUT2D eigenvalue weighted by Crippen LogP contribution is -2.26. The van der Waals surface area contributed by atoms with Crippen LogP contribution in [-0.2, 0) is 9.36 Å². The van der Waals surface area contributed by atoms with E-state index in [1.54, 1.807) is 0 Å². The molecule has 12 heavy (non-hydrogen) atoms. The lowest BCUT2D eigenvalue weighted by molar-refractivity contribution is -0.137. The van der Waals surface area contributed by atoms with E-state index in [2.05, 4.69) is 6.58 Å². The predicted octanol–water partition coefficient (Wildman–Crippen LogP) is -0.348. The monoisotopic (exact) mass is 195 g/mol. The zero-order valence-electron chi connectivity index (χ0n) is 6.25. The highest BCUT2D eigenvalue weighted by molar-refractivity contribution is 7.49. The first kappa shape index (κ1) is 11.3. The minimum Gasteiger partial charge on any atom is -0.480 e. The molecular formula is C5H10NO5P. The first-order chi connectivity index (χ1) is 5.38. The zero-order valence-corrected chi connectivity index (χ0v) is 7.15. The Bertz CT molecular complexity index is 222. The summed E-state index contributed by atoms with van der Waals surface area (Å²) in [5, 5.41) is 8.25. The normalized spacial score (nSPS) is 11.6. The van der Waals surface area contributed by atoms with E-state index in [-0.39, 0.29) is 6.54 Å². The summed E-state index contributed by atoms with van der Waals surface area (Å²) in [5.74, 6) is -1.29. The molecule has 0 heterocycles. The van der Waals surface area contributed by atoms with Gasteiger partial charge in [0.1, 0.15) is 6.54 Å². The van der Waals surface area contributed by atoms with Crippen LogP contribution in [0.4, 0.5) is 0 Å². The van der Waals surface area contributed by atoms with E-state index in [0.29, 0.717) is 4.67 Å². The summed E-state index contributed by atoms with van der Waals surface area (Å²) < 4.78 is 11.1. The Labute approximate surface area is 69.3 Å². The molecule has 0 aliphatic rings. The summed E-state index contributed by atoms with van der Waals surface area (Å²) in [6, 6.07) is 0. The Balaban J connectivity index is 4.33. The number of hydrogen-bond acceptors (Lipinski definition) is 2. The van der Waals surface area contributed by atoms with Gasteiger partial charge in [0.2, 0.25) is 0 Å². The average Bonchev–Trinajstić information content (AvgIpc) is 1.83. The predicted molar refractivity (Wildman–Crippen MR) is 41.4 cm³/mol. The Morgan fingerprint density at radius 2 is 2.08 bits per heavy atom. The zero-order chi connectivity index (χ0) is 9.78. The second kappa shape index (κ2) is 4.37. The number of carboxylic acid groups (broad SMARTS) is 1. The van der Waals surface area contributed by atoms with E-state index < -0.39 is 20.3 Å². The lowest BCUT2D eigenvalue weighted by Gasteiger charge is -2.18. The van der Waals surface area contributed by atoms with Gasteiger partial charge in [-0.1, -0.05) is 6.08 Å². The van der Waals surface area contributed by atoms with Crippen LogP contribution in [-0.4, -0.2) is 38.6 Å². The minimum atomic E-state index is -4.47. The van der Waals surface area contributed by atoms with E-state index in [4.69, 9.17) is 14.9 Å². The Hall–Kier alpha value is -0.680. The van der Waals surface area contributed by atoms with E-state index in [9.17, 15) is 9.36 Å². The largest absolute Gasteiger partial charge is 0.480 e. The summed E-state index contributed by atoms with van der Waals surface area (Å²) in [6.45, 7) is 2.39. The van der Waals surface area contributed by atoms with Crippen molar-refractivity contribution in [3.63, 3.8) is 0 Å². The molecule has 70 valence electrons. The van der Waals surface area contributed by atoms with Gasteiger partial charge in [-0.25, -0.2) is 4.57 Å². The fourth-order valence-corrected chi connectivity index (χ4v) is 1.20. The van der Waals surface area contributed by atoms with Gasteiger partial charge in [0.25, 0.3) is 0 Å². The standard InChI is InChI=1S/C5H10NO5P/c1-2-3-6(4-5(7)8)12(9,10)11/h2H,1,3-4H2,(H,7,8)(H2,9,10,11). The van der Waals surface area contributed by atoms with Crippen LogP contribution in [0.15, 0.2) is 12.7 Å². The molecular weight excluding hydrogens is 185 g/mol. The van der Waals surface area contributed by atoms with Gasteiger partial charge < -0.3 is 14.9 Å². The third-order valence-corrected chi connectivity index (χ3v) is 2.07. The third kappa shape index (κ3) is 4.25. The van der Waals surface area contributed by atoms with E-state index >= 15 is 0 Å². The van der Waals surface area contributed by atoms with Crippen LogP contribution in [0.25, 0.3) is 0 Å². The molecule has 0 bridgehead atoms. The van der Waals surface area contributed by atoms with Crippen LogP contribution in [0.3, 0.4) is 0 Å². The van der Waals surface area contributed by atoms with Gasteiger partial charge in [0.15, 0.2) is 0 Å². The molecule has 0 aliphatic heterocycles. The molecule has 0 aliphatic carbocycles. The molecule has 0 fully saturated rings. The maximum atomic E-state index is 10.6. The maximum absolute atomic E-state index is 10.6. The molecule has 6 nitrogen and oxygen atoms in total. The van der Waals surface area contributed by atoms with Crippen molar-refractivity contribution in [3.8, 4) is 0 Å². The molecule has 0 unspecified atom stereocenters. The number of nitrogens with zero attached hydrogens (tertiary/aromatic N) is 1. The highest BCUT2D eigenvalue weighted by atomic mass is 31.2. The summed E-state index contributed by atoms with van der Waals surface area (Å²) in [6.07, 6.45) is 1.22. The van der Waals surface area contributed by atoms with E-state index in [1.165, 1.54) is 6.08 Å². The van der Waals surface area contributed by atoms with Crippen molar-refractivity contribution in [3.05, 3.63) is 12.7 Å². The first-order valence-corrected chi connectivity index (χ1v) is 4.58. The fraction of sp³-hybridized carbons (Fsp3) is 0.400. The molecule has 0 aromatic heterocycles. The van der Waals surface area contributed by atoms with Crippen LogP contribution >= 0.6 is 7.75 Å². The molecule has 0 atom stereocenters. The summed E-state index contributed by atoms with van der Waals surface area (Å²) in [5.41, 5.74) is 0. The topological polar surface area (TPSA) is 98.1 Å². The molecule has 0 aromatic carbocycles. The smallest absolute Gasteiger partial charge is 0.403 e. The fourth-order valence-electron chi connectivity index (χ4n) is 0.568. The second-order valence-corrected chi connectivity index (χ2v) is 3.64. The summed E-state index contributed by atoms with van der Waals surface area (Å²) >= 11 is 0. The number of rotatable bonds is 5. The van der Waals surface area contributed by atoms with Crippen molar-refractivity contribution < 1.29 is 24.3 Å². The highest BCUT2D eigenvalue weighted by Gasteiger charge is 2.25. The molecule has 3 N–H and O–H groups in total. The second-order valence-electron chi connectivity index (χ2n) is 2.04. The molecule has 0 radical (unpaired) electrons.